The molecule has 0 radical (unpaired) electrons. The average molecular weight is 326 g/mol. The second kappa shape index (κ2) is 5.97. The van der Waals surface area contributed by atoms with Crippen molar-refractivity contribution in [2.75, 3.05) is 5.73 Å². The van der Waals surface area contributed by atoms with Crippen LogP contribution in [0.2, 0.25) is 0 Å². The van der Waals surface area contributed by atoms with E-state index in [1.165, 1.54) is 12.4 Å². The molecule has 6 heteroatoms. The molecule has 0 amide bonds. The number of nitrogens with two attached hydrogens (primary N) is 1. The summed E-state index contributed by atoms with van der Waals surface area (Å²) in [5.74, 6) is 0.307. The Morgan fingerprint density at radius 2 is 2.16 bits per heavy atom. The van der Waals surface area contributed by atoms with Crippen LogP contribution in [0.5, 0.6) is 11.6 Å². The molecular formula is C13H13BrFN3O. The van der Waals surface area contributed by atoms with Crippen molar-refractivity contribution in [2.24, 2.45) is 0 Å². The molecule has 0 aliphatic heterocycles. The molecule has 0 unspecified atom stereocenters. The second-order valence-electron chi connectivity index (χ2n) is 3.97. The molecule has 100 valence electrons. The Labute approximate surface area is 119 Å². The third-order valence-corrected chi connectivity index (χ3v) is 3.03. The van der Waals surface area contributed by atoms with Crippen LogP contribution in [0, 0.1) is 5.82 Å². The van der Waals surface area contributed by atoms with Crippen molar-refractivity contribution < 1.29 is 9.13 Å². The summed E-state index contributed by atoms with van der Waals surface area (Å²) in [5.41, 5.74) is 6.49. The van der Waals surface area contributed by atoms with Crippen LogP contribution in [-0.2, 0) is 6.42 Å². The minimum atomic E-state index is -0.456. The van der Waals surface area contributed by atoms with Gasteiger partial charge in [0.25, 0.3) is 0 Å². The highest BCUT2D eigenvalue weighted by atomic mass is 79.9. The van der Waals surface area contributed by atoms with Gasteiger partial charge in [0.1, 0.15) is 12.1 Å². The number of halogens is 2. The van der Waals surface area contributed by atoms with Crippen molar-refractivity contribution >= 4 is 21.7 Å². The van der Waals surface area contributed by atoms with E-state index in [1.807, 2.05) is 6.92 Å². The molecule has 1 heterocycles. The van der Waals surface area contributed by atoms with Gasteiger partial charge in [-0.2, -0.15) is 0 Å². The first-order chi connectivity index (χ1) is 9.11. The minimum Gasteiger partial charge on any atom is -0.435 e. The SMILES string of the molecule is CCCc1c(N)ncnc1Oc1cc(Br)ccc1F. The summed E-state index contributed by atoms with van der Waals surface area (Å²) >= 11 is 3.27. The first kappa shape index (κ1) is 13.7. The maximum Gasteiger partial charge on any atom is 0.227 e. The summed E-state index contributed by atoms with van der Waals surface area (Å²) in [6, 6.07) is 4.47. The van der Waals surface area contributed by atoms with Gasteiger partial charge in [0, 0.05) is 4.47 Å². The molecule has 0 bridgehead atoms. The zero-order valence-corrected chi connectivity index (χ0v) is 11.9. The Hall–Kier alpha value is -1.69. The fourth-order valence-electron chi connectivity index (χ4n) is 1.64. The number of rotatable bonds is 4. The van der Waals surface area contributed by atoms with Crippen molar-refractivity contribution in [1.29, 1.82) is 0 Å². The lowest BCUT2D eigenvalue weighted by molar-refractivity contribution is 0.421. The summed E-state index contributed by atoms with van der Waals surface area (Å²) in [5, 5.41) is 0. The number of benzene rings is 1. The largest absolute Gasteiger partial charge is 0.435 e. The predicted octanol–water partition coefficient (Wildman–Crippen LogP) is 3.71. The van der Waals surface area contributed by atoms with E-state index in [-0.39, 0.29) is 5.75 Å². The molecule has 0 saturated carbocycles. The molecule has 4 nitrogen and oxygen atoms in total. The molecule has 0 aliphatic carbocycles. The Bertz CT molecular complexity index is 592. The highest BCUT2D eigenvalue weighted by Gasteiger charge is 2.13. The maximum absolute atomic E-state index is 13.7. The van der Waals surface area contributed by atoms with E-state index in [2.05, 4.69) is 25.9 Å². The Morgan fingerprint density at radius 3 is 2.89 bits per heavy atom. The van der Waals surface area contributed by atoms with Gasteiger partial charge < -0.3 is 10.5 Å². The van der Waals surface area contributed by atoms with Crippen molar-refractivity contribution in [3.8, 4) is 11.6 Å². The quantitative estimate of drug-likeness (QED) is 0.930. The van der Waals surface area contributed by atoms with Crippen LogP contribution in [0.4, 0.5) is 10.2 Å². The van der Waals surface area contributed by atoms with E-state index < -0.39 is 5.82 Å². The van der Waals surface area contributed by atoms with Crippen LogP contribution in [0.3, 0.4) is 0 Å². The summed E-state index contributed by atoms with van der Waals surface area (Å²) in [6.45, 7) is 2.01. The summed E-state index contributed by atoms with van der Waals surface area (Å²) in [4.78, 5) is 7.95. The Balaban J connectivity index is 2.37. The molecule has 2 rings (SSSR count). The number of hydrogen-bond acceptors (Lipinski definition) is 4. The molecular weight excluding hydrogens is 313 g/mol. The number of hydrogen-bond donors (Lipinski definition) is 1. The van der Waals surface area contributed by atoms with Crippen LogP contribution in [-0.4, -0.2) is 9.97 Å². The average Bonchev–Trinajstić information content (AvgIpc) is 2.38. The van der Waals surface area contributed by atoms with Crippen LogP contribution >= 0.6 is 15.9 Å². The van der Waals surface area contributed by atoms with Crippen molar-refractivity contribution in [3.63, 3.8) is 0 Å². The summed E-state index contributed by atoms with van der Waals surface area (Å²) in [7, 11) is 0. The number of nitrogen functional groups attached to an aromatic ring is 1. The zero-order valence-electron chi connectivity index (χ0n) is 10.4. The predicted molar refractivity (Wildman–Crippen MR) is 74.6 cm³/mol. The molecule has 1 aromatic heterocycles. The summed E-state index contributed by atoms with van der Waals surface area (Å²) in [6.07, 6.45) is 2.85. The molecule has 0 spiro atoms. The Morgan fingerprint density at radius 1 is 1.37 bits per heavy atom. The van der Waals surface area contributed by atoms with E-state index in [1.54, 1.807) is 12.1 Å². The number of aromatic nitrogens is 2. The molecule has 0 atom stereocenters. The topological polar surface area (TPSA) is 61.0 Å². The van der Waals surface area contributed by atoms with Crippen molar-refractivity contribution in [1.82, 2.24) is 9.97 Å². The van der Waals surface area contributed by atoms with E-state index in [4.69, 9.17) is 10.5 Å². The molecule has 0 fully saturated rings. The van der Waals surface area contributed by atoms with Gasteiger partial charge in [-0.1, -0.05) is 29.3 Å². The molecule has 0 saturated heterocycles. The monoisotopic (exact) mass is 325 g/mol. The van der Waals surface area contributed by atoms with Gasteiger partial charge in [-0.15, -0.1) is 0 Å². The highest BCUT2D eigenvalue weighted by Crippen LogP contribution is 2.30. The van der Waals surface area contributed by atoms with Crippen LogP contribution in [0.1, 0.15) is 18.9 Å². The number of ether oxygens (including phenoxy) is 1. The normalized spacial score (nSPS) is 10.5. The van der Waals surface area contributed by atoms with Gasteiger partial charge in [-0.05, 0) is 24.6 Å². The minimum absolute atomic E-state index is 0.102. The molecule has 0 aliphatic rings. The second-order valence-corrected chi connectivity index (χ2v) is 4.89. The van der Waals surface area contributed by atoms with Gasteiger partial charge in [-0.25, -0.2) is 14.4 Å². The van der Waals surface area contributed by atoms with Crippen LogP contribution < -0.4 is 10.5 Å². The van der Waals surface area contributed by atoms with Crippen LogP contribution in [0.25, 0.3) is 0 Å². The van der Waals surface area contributed by atoms with E-state index >= 15 is 0 Å². The third kappa shape index (κ3) is 3.20. The molecule has 2 aromatic rings. The van der Waals surface area contributed by atoms with Gasteiger partial charge in [0.2, 0.25) is 5.88 Å². The van der Waals surface area contributed by atoms with Crippen molar-refractivity contribution in [2.45, 2.75) is 19.8 Å². The van der Waals surface area contributed by atoms with Crippen molar-refractivity contribution in [3.05, 3.63) is 40.4 Å². The van der Waals surface area contributed by atoms with E-state index in [0.717, 1.165) is 10.9 Å². The van der Waals surface area contributed by atoms with Crippen LogP contribution in [0.15, 0.2) is 29.0 Å². The zero-order chi connectivity index (χ0) is 13.8. The fraction of sp³-hybridized carbons (Fsp3) is 0.231. The maximum atomic E-state index is 13.7. The standard InChI is InChI=1S/C13H13BrFN3O/c1-2-3-9-12(16)17-7-18-13(9)19-11-6-8(14)4-5-10(11)15/h4-7H,2-3H2,1H3,(H2,16,17,18). The lowest BCUT2D eigenvalue weighted by Gasteiger charge is -2.11. The number of nitrogens with zero attached hydrogens (tertiary/aromatic N) is 2. The Kier molecular flexibility index (Phi) is 4.31. The molecule has 1 aromatic carbocycles. The summed E-state index contributed by atoms with van der Waals surface area (Å²) < 4.78 is 19.9. The van der Waals surface area contributed by atoms with Gasteiger partial charge in [0.15, 0.2) is 11.6 Å². The van der Waals surface area contributed by atoms with E-state index in [0.29, 0.717) is 23.7 Å². The van der Waals surface area contributed by atoms with E-state index in [9.17, 15) is 4.39 Å². The smallest absolute Gasteiger partial charge is 0.227 e. The lowest BCUT2D eigenvalue weighted by atomic mass is 10.2. The lowest BCUT2D eigenvalue weighted by Crippen LogP contribution is -2.03. The molecule has 19 heavy (non-hydrogen) atoms. The fourth-order valence-corrected chi connectivity index (χ4v) is 1.98. The third-order valence-electron chi connectivity index (χ3n) is 2.54. The van der Waals surface area contributed by atoms with Gasteiger partial charge >= 0.3 is 0 Å². The molecule has 2 N–H and O–H groups in total. The van der Waals surface area contributed by atoms with Gasteiger partial charge in [-0.3, -0.25) is 0 Å². The van der Waals surface area contributed by atoms with Gasteiger partial charge in [0.05, 0.1) is 5.56 Å². The highest BCUT2D eigenvalue weighted by molar-refractivity contribution is 9.10. The number of anilines is 1. The first-order valence-corrected chi connectivity index (χ1v) is 6.63. The first-order valence-electron chi connectivity index (χ1n) is 5.84.